The molecule has 0 unspecified atom stereocenters. The van der Waals surface area contributed by atoms with E-state index in [0.29, 0.717) is 24.3 Å². The van der Waals surface area contributed by atoms with Gasteiger partial charge in [0.15, 0.2) is 5.69 Å². The van der Waals surface area contributed by atoms with E-state index in [1.807, 2.05) is 13.8 Å². The van der Waals surface area contributed by atoms with Crippen molar-refractivity contribution in [3.63, 3.8) is 0 Å². The predicted molar refractivity (Wildman–Crippen MR) is 77.1 cm³/mol. The fourth-order valence-electron chi connectivity index (χ4n) is 1.81. The Morgan fingerprint density at radius 2 is 1.86 bits per heavy atom. The second kappa shape index (κ2) is 6.21. The Hall–Kier alpha value is -2.64. The largest absolute Gasteiger partial charge is 0.354 e. The minimum Gasteiger partial charge on any atom is -0.354 e. The molecular weight excluding hydrogens is 272 g/mol. The van der Waals surface area contributed by atoms with Gasteiger partial charge >= 0.3 is 0 Å². The van der Waals surface area contributed by atoms with Crippen LogP contribution >= 0.6 is 0 Å². The molecule has 0 aliphatic heterocycles. The van der Waals surface area contributed by atoms with Crippen molar-refractivity contribution in [1.29, 1.82) is 0 Å². The van der Waals surface area contributed by atoms with Crippen molar-refractivity contribution >= 4 is 17.5 Å². The molecule has 0 radical (unpaired) electrons. The average Bonchev–Trinajstić information content (AvgIpc) is 3.12. The number of hydrogen-bond donors (Lipinski definition) is 2. The normalized spacial score (nSPS) is 10.4. The average molecular weight is 290 g/mol. The van der Waals surface area contributed by atoms with Crippen molar-refractivity contribution in [1.82, 2.24) is 24.9 Å². The molecule has 2 heterocycles. The summed E-state index contributed by atoms with van der Waals surface area (Å²) in [4.78, 5) is 23.9. The molecule has 2 aromatic rings. The van der Waals surface area contributed by atoms with Crippen LogP contribution in [-0.4, -0.2) is 38.4 Å². The quantitative estimate of drug-likeness (QED) is 0.849. The van der Waals surface area contributed by atoms with Crippen LogP contribution < -0.4 is 10.6 Å². The van der Waals surface area contributed by atoms with Gasteiger partial charge < -0.3 is 10.6 Å². The molecule has 2 rings (SSSR count). The van der Waals surface area contributed by atoms with Gasteiger partial charge in [0.1, 0.15) is 0 Å². The molecule has 21 heavy (non-hydrogen) atoms. The van der Waals surface area contributed by atoms with Crippen molar-refractivity contribution in [2.45, 2.75) is 26.9 Å². The first-order valence-electron chi connectivity index (χ1n) is 6.72. The Morgan fingerprint density at radius 3 is 2.43 bits per heavy atom. The number of carbonyl (C=O) groups excluding carboxylic acids is 2. The van der Waals surface area contributed by atoms with Gasteiger partial charge in [0.2, 0.25) is 0 Å². The molecular formula is C13H18N6O2. The number of hydrogen-bond acceptors (Lipinski definition) is 4. The lowest BCUT2D eigenvalue weighted by Crippen LogP contribution is -2.21. The van der Waals surface area contributed by atoms with E-state index >= 15 is 0 Å². The maximum atomic E-state index is 12.2. The first-order chi connectivity index (χ1) is 10.1. The zero-order valence-corrected chi connectivity index (χ0v) is 12.3. The molecule has 0 saturated heterocycles. The Morgan fingerprint density at radius 1 is 1.14 bits per heavy atom. The van der Waals surface area contributed by atoms with Gasteiger partial charge in [0.05, 0.1) is 17.4 Å². The molecule has 2 aromatic heterocycles. The monoisotopic (exact) mass is 290 g/mol. The summed E-state index contributed by atoms with van der Waals surface area (Å²) < 4.78 is 3.25. The summed E-state index contributed by atoms with van der Waals surface area (Å²) in [7, 11) is 1.52. The van der Waals surface area contributed by atoms with Gasteiger partial charge in [0, 0.05) is 32.5 Å². The molecule has 112 valence electrons. The Bertz CT molecular complexity index is 657. The van der Waals surface area contributed by atoms with Gasteiger partial charge in [-0.15, -0.1) is 0 Å². The van der Waals surface area contributed by atoms with Crippen molar-refractivity contribution < 1.29 is 9.59 Å². The molecule has 2 amide bonds. The van der Waals surface area contributed by atoms with Crippen LogP contribution in [0, 0.1) is 0 Å². The van der Waals surface area contributed by atoms with E-state index in [2.05, 4.69) is 20.8 Å². The lowest BCUT2D eigenvalue weighted by Gasteiger charge is -2.02. The number of carbonyl (C=O) groups is 2. The summed E-state index contributed by atoms with van der Waals surface area (Å²) in [5, 5.41) is 13.4. The van der Waals surface area contributed by atoms with Gasteiger partial charge in [0.25, 0.3) is 11.8 Å². The smallest absolute Gasteiger partial charge is 0.273 e. The van der Waals surface area contributed by atoms with Crippen LogP contribution in [-0.2, 0) is 13.1 Å². The number of aromatic nitrogens is 4. The van der Waals surface area contributed by atoms with E-state index in [0.717, 1.165) is 0 Å². The third kappa shape index (κ3) is 3.10. The Labute approximate surface area is 122 Å². The second-order valence-corrected chi connectivity index (χ2v) is 4.37. The van der Waals surface area contributed by atoms with E-state index < -0.39 is 0 Å². The number of rotatable bonds is 5. The van der Waals surface area contributed by atoms with Crippen LogP contribution in [0.25, 0.3) is 0 Å². The fraction of sp³-hybridized carbons (Fsp3) is 0.385. The molecule has 0 aromatic carbocycles. The zero-order valence-electron chi connectivity index (χ0n) is 12.3. The third-order valence-electron chi connectivity index (χ3n) is 3.00. The maximum absolute atomic E-state index is 12.2. The highest BCUT2D eigenvalue weighted by Gasteiger charge is 2.18. The Balaban J connectivity index is 2.23. The molecule has 0 saturated carbocycles. The zero-order chi connectivity index (χ0) is 15.4. The standard InChI is InChI=1S/C13H18N6O2/c1-4-18-7-9(6-15-18)12(20)16-10-8-19(5-2)17-11(10)13(21)14-3/h6-8H,4-5H2,1-3H3,(H,14,21)(H,16,20). The van der Waals surface area contributed by atoms with E-state index in [9.17, 15) is 9.59 Å². The highest BCUT2D eigenvalue weighted by atomic mass is 16.2. The maximum Gasteiger partial charge on any atom is 0.273 e. The molecule has 8 heteroatoms. The second-order valence-electron chi connectivity index (χ2n) is 4.37. The number of nitrogens with one attached hydrogen (secondary N) is 2. The fourth-order valence-corrected chi connectivity index (χ4v) is 1.81. The number of nitrogens with zero attached hydrogens (tertiary/aromatic N) is 4. The molecule has 0 aliphatic carbocycles. The lowest BCUT2D eigenvalue weighted by molar-refractivity contribution is 0.0958. The summed E-state index contributed by atoms with van der Waals surface area (Å²) in [5.41, 5.74) is 1.00. The van der Waals surface area contributed by atoms with Crippen LogP contribution in [0.1, 0.15) is 34.7 Å². The number of aryl methyl sites for hydroxylation is 2. The Kier molecular flexibility index (Phi) is 4.36. The van der Waals surface area contributed by atoms with Crippen LogP contribution in [0.3, 0.4) is 0 Å². The minimum absolute atomic E-state index is 0.190. The molecule has 0 spiro atoms. The first kappa shape index (κ1) is 14.8. The highest BCUT2D eigenvalue weighted by molar-refractivity contribution is 6.07. The predicted octanol–water partition coefficient (Wildman–Crippen LogP) is 0.731. The molecule has 2 N–H and O–H groups in total. The molecule has 0 atom stereocenters. The van der Waals surface area contributed by atoms with Crippen molar-refractivity contribution in [2.75, 3.05) is 12.4 Å². The van der Waals surface area contributed by atoms with Gasteiger partial charge in [-0.25, -0.2) is 0 Å². The van der Waals surface area contributed by atoms with Crippen LogP contribution in [0.2, 0.25) is 0 Å². The topological polar surface area (TPSA) is 93.8 Å². The van der Waals surface area contributed by atoms with Crippen LogP contribution in [0.5, 0.6) is 0 Å². The summed E-state index contributed by atoms with van der Waals surface area (Å²) in [6.45, 7) is 5.12. The van der Waals surface area contributed by atoms with Gasteiger partial charge in [-0.1, -0.05) is 0 Å². The van der Waals surface area contributed by atoms with Gasteiger partial charge in [-0.3, -0.25) is 19.0 Å². The van der Waals surface area contributed by atoms with Crippen LogP contribution in [0.4, 0.5) is 5.69 Å². The van der Waals surface area contributed by atoms with E-state index in [1.54, 1.807) is 21.8 Å². The SMILES string of the molecule is CCn1cc(C(=O)Nc2cn(CC)nc2C(=O)NC)cn1. The lowest BCUT2D eigenvalue weighted by atomic mass is 10.3. The third-order valence-corrected chi connectivity index (χ3v) is 3.00. The molecule has 0 fully saturated rings. The van der Waals surface area contributed by atoms with Gasteiger partial charge in [-0.2, -0.15) is 10.2 Å². The highest BCUT2D eigenvalue weighted by Crippen LogP contribution is 2.15. The van der Waals surface area contributed by atoms with E-state index in [4.69, 9.17) is 0 Å². The molecule has 8 nitrogen and oxygen atoms in total. The van der Waals surface area contributed by atoms with E-state index in [1.165, 1.54) is 13.2 Å². The summed E-state index contributed by atoms with van der Waals surface area (Å²) >= 11 is 0. The van der Waals surface area contributed by atoms with Crippen molar-refractivity contribution in [3.05, 3.63) is 29.8 Å². The minimum atomic E-state index is -0.346. The summed E-state index contributed by atoms with van der Waals surface area (Å²) in [6, 6.07) is 0. The summed E-state index contributed by atoms with van der Waals surface area (Å²) in [5.74, 6) is -0.669. The molecule has 0 aliphatic rings. The number of amides is 2. The van der Waals surface area contributed by atoms with Crippen LogP contribution in [0.15, 0.2) is 18.6 Å². The van der Waals surface area contributed by atoms with Gasteiger partial charge in [-0.05, 0) is 13.8 Å². The van der Waals surface area contributed by atoms with E-state index in [-0.39, 0.29) is 17.5 Å². The first-order valence-corrected chi connectivity index (χ1v) is 6.72. The number of anilines is 1. The summed E-state index contributed by atoms with van der Waals surface area (Å²) in [6.07, 6.45) is 4.77. The van der Waals surface area contributed by atoms with Crippen molar-refractivity contribution in [2.24, 2.45) is 0 Å². The molecule has 0 bridgehead atoms. The van der Waals surface area contributed by atoms with Crippen molar-refractivity contribution in [3.8, 4) is 0 Å².